The lowest BCUT2D eigenvalue weighted by molar-refractivity contribution is -0.116. The number of aryl methyl sites for hydroxylation is 1. The molecule has 136 valence electrons. The lowest BCUT2D eigenvalue weighted by Gasteiger charge is -2.22. The van der Waals surface area contributed by atoms with E-state index >= 15 is 0 Å². The number of benzene rings is 2. The highest BCUT2D eigenvalue weighted by Gasteiger charge is 2.19. The van der Waals surface area contributed by atoms with Crippen LogP contribution in [-0.4, -0.2) is 27.1 Å². The summed E-state index contributed by atoms with van der Waals surface area (Å²) in [5.74, 6) is -0.319. The molecule has 1 N–H and O–H groups in total. The van der Waals surface area contributed by atoms with Crippen molar-refractivity contribution in [2.45, 2.75) is 13.3 Å². The van der Waals surface area contributed by atoms with Gasteiger partial charge in [0.15, 0.2) is 0 Å². The normalized spacial score (nSPS) is 10.8. The monoisotopic (exact) mass is 391 g/mol. The standard InChI is InChI=1S/C18H18ClN3O3S/c1-13-10-15(19)6-7-17(13)21-18(23)8-9-22(26(2,24)25)16-5-3-4-14(11-16)12-20/h3-7,10-11H,8-9H2,1-2H3,(H,21,23). The smallest absolute Gasteiger partial charge is 0.232 e. The molecule has 2 aromatic carbocycles. The highest BCUT2D eigenvalue weighted by atomic mass is 35.5. The summed E-state index contributed by atoms with van der Waals surface area (Å²) in [6.07, 6.45) is 1.03. The Morgan fingerprint density at radius 1 is 1.27 bits per heavy atom. The molecule has 0 aromatic heterocycles. The van der Waals surface area contributed by atoms with E-state index in [0.717, 1.165) is 16.1 Å². The van der Waals surface area contributed by atoms with Crippen LogP contribution >= 0.6 is 11.6 Å². The first-order chi connectivity index (χ1) is 12.2. The van der Waals surface area contributed by atoms with Crippen molar-refractivity contribution in [3.05, 3.63) is 58.6 Å². The Labute approximate surface area is 158 Å². The van der Waals surface area contributed by atoms with E-state index < -0.39 is 10.0 Å². The first-order valence-corrected chi connectivity index (χ1v) is 9.97. The second kappa shape index (κ2) is 8.21. The maximum Gasteiger partial charge on any atom is 0.232 e. The molecule has 6 nitrogen and oxygen atoms in total. The summed E-state index contributed by atoms with van der Waals surface area (Å²) in [6, 6.07) is 13.3. The van der Waals surface area contributed by atoms with Crippen molar-refractivity contribution in [3.63, 3.8) is 0 Å². The first kappa shape index (κ1) is 19.8. The maximum absolute atomic E-state index is 12.2. The van der Waals surface area contributed by atoms with Gasteiger partial charge in [-0.05, 0) is 48.9 Å². The number of hydrogen-bond acceptors (Lipinski definition) is 4. The van der Waals surface area contributed by atoms with E-state index in [9.17, 15) is 13.2 Å². The van der Waals surface area contributed by atoms with E-state index in [0.29, 0.717) is 22.0 Å². The van der Waals surface area contributed by atoms with Gasteiger partial charge in [0, 0.05) is 23.7 Å². The molecule has 0 atom stereocenters. The molecule has 0 saturated carbocycles. The van der Waals surface area contributed by atoms with E-state index in [2.05, 4.69) is 5.32 Å². The minimum atomic E-state index is -3.60. The van der Waals surface area contributed by atoms with Crippen LogP contribution in [0.25, 0.3) is 0 Å². The Hall–Kier alpha value is -2.56. The average molecular weight is 392 g/mol. The van der Waals surface area contributed by atoms with Crippen LogP contribution in [-0.2, 0) is 14.8 Å². The van der Waals surface area contributed by atoms with Crippen molar-refractivity contribution in [1.29, 1.82) is 5.26 Å². The quantitative estimate of drug-likeness (QED) is 0.817. The molecule has 0 saturated heterocycles. The number of nitrogens with one attached hydrogen (secondary N) is 1. The van der Waals surface area contributed by atoms with Crippen molar-refractivity contribution in [3.8, 4) is 6.07 Å². The second-order valence-corrected chi connectivity index (χ2v) is 8.10. The predicted molar refractivity (Wildman–Crippen MR) is 103 cm³/mol. The van der Waals surface area contributed by atoms with Gasteiger partial charge in [-0.25, -0.2) is 8.42 Å². The van der Waals surface area contributed by atoms with Gasteiger partial charge in [-0.15, -0.1) is 0 Å². The summed E-state index contributed by atoms with van der Waals surface area (Å²) >= 11 is 5.89. The van der Waals surface area contributed by atoms with Crippen LogP contribution in [0.4, 0.5) is 11.4 Å². The van der Waals surface area contributed by atoms with Gasteiger partial charge < -0.3 is 5.32 Å². The summed E-state index contributed by atoms with van der Waals surface area (Å²) in [5.41, 5.74) is 2.13. The number of rotatable bonds is 6. The number of nitriles is 1. The Bertz CT molecular complexity index is 968. The van der Waals surface area contributed by atoms with Crippen LogP contribution in [0.15, 0.2) is 42.5 Å². The molecule has 1 amide bonds. The Morgan fingerprint density at radius 2 is 2.00 bits per heavy atom. The summed E-state index contributed by atoms with van der Waals surface area (Å²) in [4.78, 5) is 12.2. The Kier molecular flexibility index (Phi) is 6.24. The molecule has 0 heterocycles. The molecule has 0 spiro atoms. The highest BCUT2D eigenvalue weighted by Crippen LogP contribution is 2.21. The van der Waals surface area contributed by atoms with Gasteiger partial charge in [-0.3, -0.25) is 9.10 Å². The van der Waals surface area contributed by atoms with Crippen molar-refractivity contribution in [2.75, 3.05) is 22.4 Å². The molecule has 0 aliphatic heterocycles. The van der Waals surface area contributed by atoms with E-state index in [4.69, 9.17) is 16.9 Å². The zero-order valence-corrected chi connectivity index (χ0v) is 15.9. The van der Waals surface area contributed by atoms with Crippen LogP contribution < -0.4 is 9.62 Å². The van der Waals surface area contributed by atoms with Gasteiger partial charge in [-0.1, -0.05) is 17.7 Å². The topological polar surface area (TPSA) is 90.3 Å². The van der Waals surface area contributed by atoms with Crippen molar-refractivity contribution in [1.82, 2.24) is 0 Å². The van der Waals surface area contributed by atoms with Crippen molar-refractivity contribution < 1.29 is 13.2 Å². The zero-order chi connectivity index (χ0) is 19.3. The SMILES string of the molecule is Cc1cc(Cl)ccc1NC(=O)CCN(c1cccc(C#N)c1)S(C)(=O)=O. The third kappa shape index (κ3) is 5.22. The summed E-state index contributed by atoms with van der Waals surface area (Å²) in [7, 11) is -3.60. The van der Waals surface area contributed by atoms with Crippen LogP contribution in [0, 0.1) is 18.3 Å². The number of amides is 1. The molecule has 0 radical (unpaired) electrons. The molecule has 0 bridgehead atoms. The summed E-state index contributed by atoms with van der Waals surface area (Å²) < 4.78 is 25.3. The van der Waals surface area contributed by atoms with Crippen molar-refractivity contribution in [2.24, 2.45) is 0 Å². The fourth-order valence-corrected chi connectivity index (χ4v) is 3.55. The minimum Gasteiger partial charge on any atom is -0.326 e. The van der Waals surface area contributed by atoms with Gasteiger partial charge in [0.25, 0.3) is 0 Å². The fourth-order valence-electron chi connectivity index (χ4n) is 2.40. The molecule has 2 rings (SSSR count). The van der Waals surface area contributed by atoms with Gasteiger partial charge in [-0.2, -0.15) is 5.26 Å². The number of carbonyl (C=O) groups is 1. The molecule has 0 aliphatic carbocycles. The van der Waals surface area contributed by atoms with Gasteiger partial charge in [0.05, 0.1) is 23.6 Å². The third-order valence-electron chi connectivity index (χ3n) is 3.67. The molecule has 2 aromatic rings. The summed E-state index contributed by atoms with van der Waals surface area (Å²) in [6.45, 7) is 1.78. The molecule has 8 heteroatoms. The predicted octanol–water partition coefficient (Wildman–Crippen LogP) is 3.31. The third-order valence-corrected chi connectivity index (χ3v) is 5.10. The second-order valence-electron chi connectivity index (χ2n) is 5.75. The zero-order valence-electron chi connectivity index (χ0n) is 14.4. The van der Waals surface area contributed by atoms with Gasteiger partial charge in [0.1, 0.15) is 0 Å². The number of anilines is 2. The highest BCUT2D eigenvalue weighted by molar-refractivity contribution is 7.92. The lowest BCUT2D eigenvalue weighted by atomic mass is 10.2. The average Bonchev–Trinajstić information content (AvgIpc) is 2.56. The molecular weight excluding hydrogens is 374 g/mol. The van der Waals surface area contributed by atoms with Crippen LogP contribution in [0.3, 0.4) is 0 Å². The minimum absolute atomic E-state index is 0.0355. The summed E-state index contributed by atoms with van der Waals surface area (Å²) in [5, 5.41) is 12.3. The number of nitrogens with zero attached hydrogens (tertiary/aromatic N) is 2. The molecule has 26 heavy (non-hydrogen) atoms. The van der Waals surface area contributed by atoms with E-state index in [1.807, 2.05) is 13.0 Å². The van der Waals surface area contributed by atoms with E-state index in [1.165, 1.54) is 6.07 Å². The lowest BCUT2D eigenvalue weighted by Crippen LogP contribution is -2.33. The largest absolute Gasteiger partial charge is 0.326 e. The van der Waals surface area contributed by atoms with Gasteiger partial charge >= 0.3 is 0 Å². The first-order valence-electron chi connectivity index (χ1n) is 7.74. The van der Waals surface area contributed by atoms with Crippen LogP contribution in [0.1, 0.15) is 17.5 Å². The van der Waals surface area contributed by atoms with Crippen LogP contribution in [0.2, 0.25) is 5.02 Å². The van der Waals surface area contributed by atoms with Gasteiger partial charge in [0.2, 0.25) is 15.9 Å². The molecular formula is C18H18ClN3O3S. The Balaban J connectivity index is 2.12. The molecule has 0 aliphatic rings. The molecule has 0 unspecified atom stereocenters. The Morgan fingerprint density at radius 3 is 2.62 bits per heavy atom. The number of halogens is 1. The van der Waals surface area contributed by atoms with Crippen LogP contribution in [0.5, 0.6) is 0 Å². The number of hydrogen-bond donors (Lipinski definition) is 1. The van der Waals surface area contributed by atoms with Crippen molar-refractivity contribution >= 4 is 38.9 Å². The van der Waals surface area contributed by atoms with E-state index in [1.54, 1.807) is 36.4 Å². The maximum atomic E-state index is 12.2. The number of sulfonamides is 1. The number of carbonyl (C=O) groups excluding carboxylic acids is 1. The molecule has 0 fully saturated rings. The van der Waals surface area contributed by atoms with E-state index in [-0.39, 0.29) is 18.9 Å². The fraction of sp³-hybridized carbons (Fsp3) is 0.222.